The van der Waals surface area contributed by atoms with Gasteiger partial charge in [-0.3, -0.25) is 9.59 Å². The van der Waals surface area contributed by atoms with Crippen molar-refractivity contribution in [2.24, 2.45) is 0 Å². The Kier molecular flexibility index (Phi) is 7.30. The molecule has 0 bridgehead atoms. The van der Waals surface area contributed by atoms with Crippen LogP contribution in [0.5, 0.6) is 0 Å². The number of halogens is 1. The van der Waals surface area contributed by atoms with Gasteiger partial charge in [0.05, 0.1) is 16.8 Å². The lowest BCUT2D eigenvalue weighted by Gasteiger charge is -2.35. The number of carbonyl (C=O) groups is 1. The number of benzene rings is 2. The zero-order valence-corrected chi connectivity index (χ0v) is 19.9. The van der Waals surface area contributed by atoms with Crippen LogP contribution in [0.25, 0.3) is 10.8 Å². The number of hydrogen-bond donors (Lipinski definition) is 1. The molecular formula is C25H30ClN5O2. The Hall–Kier alpha value is -2.90. The van der Waals surface area contributed by atoms with Crippen LogP contribution in [0.4, 0.5) is 11.4 Å². The van der Waals surface area contributed by atoms with Crippen molar-refractivity contribution in [1.29, 1.82) is 0 Å². The molecule has 0 atom stereocenters. The Bertz CT molecular complexity index is 1200. The third-order valence-corrected chi connectivity index (χ3v) is 6.34. The summed E-state index contributed by atoms with van der Waals surface area (Å²) in [5.74, 6) is -0.354. The van der Waals surface area contributed by atoms with Crippen LogP contribution >= 0.6 is 11.6 Å². The molecule has 2 heterocycles. The predicted octanol–water partition coefficient (Wildman–Crippen LogP) is 4.24. The van der Waals surface area contributed by atoms with Crippen molar-refractivity contribution < 1.29 is 4.79 Å². The minimum atomic E-state index is -0.354. The average molecular weight is 468 g/mol. The van der Waals surface area contributed by atoms with Crippen molar-refractivity contribution in [3.05, 3.63) is 63.5 Å². The first-order valence-electron chi connectivity index (χ1n) is 11.5. The van der Waals surface area contributed by atoms with Gasteiger partial charge in [-0.15, -0.1) is 0 Å². The number of aromatic nitrogens is 2. The van der Waals surface area contributed by atoms with E-state index < -0.39 is 0 Å². The summed E-state index contributed by atoms with van der Waals surface area (Å²) in [6.07, 6.45) is 2.88. The first kappa shape index (κ1) is 23.3. The fourth-order valence-electron chi connectivity index (χ4n) is 4.18. The predicted molar refractivity (Wildman–Crippen MR) is 135 cm³/mol. The summed E-state index contributed by atoms with van der Waals surface area (Å²) >= 11 is 6.28. The fourth-order valence-corrected chi connectivity index (χ4v) is 4.35. The van der Waals surface area contributed by atoms with Crippen LogP contribution in [0.2, 0.25) is 5.02 Å². The van der Waals surface area contributed by atoms with E-state index in [0.717, 1.165) is 51.1 Å². The molecule has 1 saturated heterocycles. The molecule has 0 unspecified atom stereocenters. The van der Waals surface area contributed by atoms with Gasteiger partial charge < -0.3 is 15.1 Å². The highest BCUT2D eigenvalue weighted by atomic mass is 35.5. The van der Waals surface area contributed by atoms with E-state index in [1.165, 1.54) is 4.68 Å². The Labute approximate surface area is 198 Å². The first-order chi connectivity index (χ1) is 16.0. The summed E-state index contributed by atoms with van der Waals surface area (Å²) in [5.41, 5.74) is 1.65. The quantitative estimate of drug-likeness (QED) is 0.526. The van der Waals surface area contributed by atoms with Gasteiger partial charge in [-0.25, -0.2) is 4.68 Å². The third kappa shape index (κ3) is 5.20. The first-order valence-corrected chi connectivity index (χ1v) is 11.9. The highest BCUT2D eigenvalue weighted by Gasteiger charge is 2.21. The topological polar surface area (TPSA) is 70.5 Å². The second kappa shape index (κ2) is 10.4. The van der Waals surface area contributed by atoms with Crippen molar-refractivity contribution in [3.8, 4) is 0 Å². The number of aryl methyl sites for hydroxylation is 1. The highest BCUT2D eigenvalue weighted by molar-refractivity contribution is 6.31. The number of amides is 1. The average Bonchev–Trinajstić information content (AvgIpc) is 2.81. The monoisotopic (exact) mass is 467 g/mol. The molecule has 8 heteroatoms. The zero-order valence-electron chi connectivity index (χ0n) is 19.2. The number of likely N-dealkylation sites (N-methyl/N-ethyl adjacent to an activating group) is 1. The van der Waals surface area contributed by atoms with Crippen molar-refractivity contribution in [2.75, 3.05) is 43.4 Å². The summed E-state index contributed by atoms with van der Waals surface area (Å²) in [6.45, 7) is 6.23. The van der Waals surface area contributed by atoms with E-state index in [1.54, 1.807) is 18.2 Å². The van der Waals surface area contributed by atoms with Crippen molar-refractivity contribution >= 4 is 39.7 Å². The van der Waals surface area contributed by atoms with Gasteiger partial charge in [0.1, 0.15) is 0 Å². The lowest BCUT2D eigenvalue weighted by molar-refractivity contribution is 0.102. The normalized spacial score (nSPS) is 14.6. The smallest absolute Gasteiger partial charge is 0.276 e. The SMILES string of the molecule is CCCCCn1nc(C(=O)Nc2cc(Cl)ccc2N2CCN(C)CC2)c2ccccc2c1=O. The Morgan fingerprint density at radius 3 is 2.52 bits per heavy atom. The number of nitrogens with zero attached hydrogens (tertiary/aromatic N) is 4. The van der Waals surface area contributed by atoms with E-state index >= 15 is 0 Å². The van der Waals surface area contributed by atoms with E-state index in [-0.39, 0.29) is 17.2 Å². The molecule has 1 aliphatic rings. The summed E-state index contributed by atoms with van der Waals surface area (Å²) < 4.78 is 1.42. The number of unbranched alkanes of at least 4 members (excludes halogenated alkanes) is 2. The molecule has 174 valence electrons. The van der Waals surface area contributed by atoms with Crippen LogP contribution in [0.1, 0.15) is 36.7 Å². The molecule has 33 heavy (non-hydrogen) atoms. The van der Waals surface area contributed by atoms with Gasteiger partial charge in [-0.1, -0.05) is 49.6 Å². The number of carbonyl (C=O) groups excluding carboxylic acids is 1. The summed E-state index contributed by atoms with van der Waals surface area (Å²) in [6, 6.07) is 12.7. The van der Waals surface area contributed by atoms with Crippen LogP contribution in [0, 0.1) is 0 Å². The van der Waals surface area contributed by atoms with Gasteiger partial charge in [0.15, 0.2) is 5.69 Å². The van der Waals surface area contributed by atoms with Gasteiger partial charge >= 0.3 is 0 Å². The van der Waals surface area contributed by atoms with E-state index in [4.69, 9.17) is 11.6 Å². The highest BCUT2D eigenvalue weighted by Crippen LogP contribution is 2.30. The van der Waals surface area contributed by atoms with Crippen LogP contribution in [0.15, 0.2) is 47.3 Å². The minimum Gasteiger partial charge on any atom is -0.367 e. The molecule has 0 saturated carbocycles. The molecule has 4 rings (SSSR count). The van der Waals surface area contributed by atoms with Crippen LogP contribution in [0.3, 0.4) is 0 Å². The van der Waals surface area contributed by atoms with Gasteiger partial charge in [0.25, 0.3) is 11.5 Å². The molecule has 2 aromatic carbocycles. The van der Waals surface area contributed by atoms with Gasteiger partial charge in [-0.05, 0) is 37.7 Å². The summed E-state index contributed by atoms with van der Waals surface area (Å²) in [4.78, 5) is 30.9. The van der Waals surface area contributed by atoms with Crippen LogP contribution in [-0.4, -0.2) is 53.8 Å². The summed E-state index contributed by atoms with van der Waals surface area (Å²) in [7, 11) is 2.11. The molecule has 3 aromatic rings. The van der Waals surface area contributed by atoms with E-state index in [9.17, 15) is 9.59 Å². The number of fused-ring (bicyclic) bond motifs is 1. The second-order valence-corrected chi connectivity index (χ2v) is 8.97. The van der Waals surface area contributed by atoms with Gasteiger partial charge in [0, 0.05) is 43.1 Å². The molecule has 1 N–H and O–H groups in total. The summed E-state index contributed by atoms with van der Waals surface area (Å²) in [5, 5.41) is 9.10. The Morgan fingerprint density at radius 1 is 1.06 bits per heavy atom. The lowest BCUT2D eigenvalue weighted by atomic mass is 10.1. The maximum absolute atomic E-state index is 13.5. The number of rotatable bonds is 7. The van der Waals surface area contributed by atoms with Crippen LogP contribution in [-0.2, 0) is 6.54 Å². The number of hydrogen-bond acceptors (Lipinski definition) is 5. The van der Waals surface area contributed by atoms with Crippen molar-refractivity contribution in [2.45, 2.75) is 32.7 Å². The maximum Gasteiger partial charge on any atom is 0.276 e. The van der Waals surface area contributed by atoms with Crippen molar-refractivity contribution in [3.63, 3.8) is 0 Å². The number of anilines is 2. The van der Waals surface area contributed by atoms with Crippen molar-refractivity contribution in [1.82, 2.24) is 14.7 Å². The van der Waals surface area contributed by atoms with Gasteiger partial charge in [-0.2, -0.15) is 5.10 Å². The molecule has 0 radical (unpaired) electrons. The lowest BCUT2D eigenvalue weighted by Crippen LogP contribution is -2.44. The van der Waals surface area contributed by atoms with Gasteiger partial charge in [0.2, 0.25) is 0 Å². The molecule has 7 nitrogen and oxygen atoms in total. The molecule has 1 amide bonds. The molecular weight excluding hydrogens is 438 g/mol. The zero-order chi connectivity index (χ0) is 23.4. The molecule has 1 fully saturated rings. The standard InChI is InChI=1S/C25H30ClN5O2/c1-3-4-7-12-31-25(33)20-9-6-5-8-19(20)23(28-31)24(32)27-21-17-18(26)10-11-22(21)30-15-13-29(2)14-16-30/h5-6,8-11,17H,3-4,7,12-16H2,1-2H3,(H,27,32). The maximum atomic E-state index is 13.5. The van der Waals surface area contributed by atoms with E-state index in [0.29, 0.717) is 28.0 Å². The Balaban J connectivity index is 1.69. The Morgan fingerprint density at radius 2 is 1.79 bits per heavy atom. The number of nitrogens with one attached hydrogen (secondary N) is 1. The third-order valence-electron chi connectivity index (χ3n) is 6.11. The second-order valence-electron chi connectivity index (χ2n) is 8.54. The minimum absolute atomic E-state index is 0.167. The molecule has 0 aliphatic carbocycles. The largest absolute Gasteiger partial charge is 0.367 e. The van der Waals surface area contributed by atoms with E-state index in [1.807, 2.05) is 24.3 Å². The van der Waals surface area contributed by atoms with Crippen LogP contribution < -0.4 is 15.8 Å². The molecule has 0 spiro atoms. The number of piperazine rings is 1. The molecule has 1 aliphatic heterocycles. The fraction of sp³-hybridized carbons (Fsp3) is 0.400. The molecule has 1 aromatic heterocycles. The van der Waals surface area contributed by atoms with E-state index in [2.05, 4.69) is 34.2 Å².